The fraction of sp³-hybridized carbons (Fsp3) is 0.353. The number of halogens is 3. The first-order valence-electron chi connectivity index (χ1n) is 8.31. The fourth-order valence-corrected chi connectivity index (χ4v) is 3.61. The average molecular weight is 400 g/mol. The van der Waals surface area contributed by atoms with Crippen molar-refractivity contribution in [1.29, 1.82) is 0 Å². The molecule has 0 atom stereocenters. The van der Waals surface area contributed by atoms with Crippen molar-refractivity contribution in [3.63, 3.8) is 0 Å². The Morgan fingerprint density at radius 3 is 2.41 bits per heavy atom. The molecule has 27 heavy (non-hydrogen) atoms. The van der Waals surface area contributed by atoms with Crippen molar-refractivity contribution in [1.82, 2.24) is 4.98 Å². The van der Waals surface area contributed by atoms with E-state index < -0.39 is 26.7 Å². The molecule has 3 N–H and O–H groups in total. The van der Waals surface area contributed by atoms with Crippen molar-refractivity contribution in [2.45, 2.75) is 30.0 Å². The molecular formula is C17H19F3N4O2S. The lowest BCUT2D eigenvalue weighted by molar-refractivity contribution is -0.137. The van der Waals surface area contributed by atoms with Crippen LogP contribution in [0, 0.1) is 0 Å². The van der Waals surface area contributed by atoms with Crippen LogP contribution in [0.25, 0.3) is 0 Å². The van der Waals surface area contributed by atoms with Gasteiger partial charge in [0.1, 0.15) is 5.82 Å². The Balaban J connectivity index is 1.74. The number of primary sulfonamides is 1. The van der Waals surface area contributed by atoms with Crippen molar-refractivity contribution in [3.8, 4) is 0 Å². The molecule has 2 aromatic rings. The molecule has 0 saturated carbocycles. The fourth-order valence-electron chi connectivity index (χ4n) is 3.07. The number of pyridine rings is 1. The molecule has 0 unspecified atom stereocenters. The minimum atomic E-state index is -4.70. The quantitative estimate of drug-likeness (QED) is 0.824. The molecular weight excluding hydrogens is 381 g/mol. The molecule has 146 valence electrons. The Bertz CT molecular complexity index is 896. The second-order valence-electron chi connectivity index (χ2n) is 6.34. The van der Waals surface area contributed by atoms with E-state index in [2.05, 4.69) is 15.2 Å². The molecule has 1 aliphatic heterocycles. The van der Waals surface area contributed by atoms with E-state index in [-0.39, 0.29) is 11.7 Å². The van der Waals surface area contributed by atoms with Crippen LogP contribution in [-0.4, -0.2) is 32.5 Å². The Morgan fingerprint density at radius 2 is 1.85 bits per heavy atom. The van der Waals surface area contributed by atoms with Crippen LogP contribution in [0.2, 0.25) is 0 Å². The second-order valence-corrected chi connectivity index (χ2v) is 7.91. The van der Waals surface area contributed by atoms with Gasteiger partial charge in [-0.25, -0.2) is 18.5 Å². The van der Waals surface area contributed by atoms with Gasteiger partial charge in [0.05, 0.1) is 10.5 Å². The molecule has 0 aliphatic carbocycles. The number of sulfonamides is 1. The summed E-state index contributed by atoms with van der Waals surface area (Å²) in [6.07, 6.45) is -1.74. The minimum Gasteiger partial charge on any atom is -0.382 e. The highest BCUT2D eigenvalue weighted by Gasteiger charge is 2.35. The molecule has 1 fully saturated rings. The maximum Gasteiger partial charge on any atom is 0.418 e. The number of anilines is 2. The lowest BCUT2D eigenvalue weighted by Crippen LogP contribution is -2.39. The van der Waals surface area contributed by atoms with Gasteiger partial charge in [-0.05, 0) is 43.2 Å². The average Bonchev–Trinajstić information content (AvgIpc) is 2.61. The summed E-state index contributed by atoms with van der Waals surface area (Å²) >= 11 is 0. The van der Waals surface area contributed by atoms with E-state index in [9.17, 15) is 21.6 Å². The predicted molar refractivity (Wildman–Crippen MR) is 95.9 cm³/mol. The van der Waals surface area contributed by atoms with E-state index in [1.54, 1.807) is 6.20 Å². The standard InChI is InChI=1S/C17H19F3N4O2S/c18-17(19,20)14-11-13(27(21,25)26)4-5-15(14)23-12-6-9-24(10-7-12)16-3-1-2-8-22-16/h1-5,8,11-12,23H,6-7,9-10H2,(H2,21,25,26). The summed E-state index contributed by atoms with van der Waals surface area (Å²) < 4.78 is 62.8. The van der Waals surface area contributed by atoms with Gasteiger partial charge in [0.15, 0.2) is 0 Å². The van der Waals surface area contributed by atoms with Crippen LogP contribution in [0.15, 0.2) is 47.5 Å². The van der Waals surface area contributed by atoms with Crippen molar-refractivity contribution in [2.24, 2.45) is 5.14 Å². The Labute approximate surface area is 155 Å². The molecule has 3 rings (SSSR count). The molecule has 1 aliphatic rings. The lowest BCUT2D eigenvalue weighted by Gasteiger charge is -2.34. The predicted octanol–water partition coefficient (Wildman–Crippen LogP) is 2.83. The maximum absolute atomic E-state index is 13.4. The number of rotatable bonds is 4. The zero-order chi connectivity index (χ0) is 19.7. The van der Waals surface area contributed by atoms with Crippen LogP contribution in [0.1, 0.15) is 18.4 Å². The first-order chi connectivity index (χ1) is 12.6. The zero-order valence-corrected chi connectivity index (χ0v) is 15.1. The summed E-state index contributed by atoms with van der Waals surface area (Å²) in [6.45, 7) is 1.32. The molecule has 1 aromatic carbocycles. The third kappa shape index (κ3) is 4.69. The van der Waals surface area contributed by atoms with Gasteiger partial charge in [-0.3, -0.25) is 0 Å². The normalized spacial score (nSPS) is 16.4. The zero-order valence-electron chi connectivity index (χ0n) is 14.3. The highest BCUT2D eigenvalue weighted by molar-refractivity contribution is 7.89. The Kier molecular flexibility index (Phi) is 5.29. The van der Waals surface area contributed by atoms with Gasteiger partial charge >= 0.3 is 6.18 Å². The summed E-state index contributed by atoms with van der Waals surface area (Å²) in [5.74, 6) is 0.837. The summed E-state index contributed by atoms with van der Waals surface area (Å²) in [5.41, 5.74) is -1.19. The van der Waals surface area contributed by atoms with E-state index in [1.807, 2.05) is 18.2 Å². The van der Waals surface area contributed by atoms with Crippen molar-refractivity contribution < 1.29 is 21.6 Å². The van der Waals surface area contributed by atoms with Crippen LogP contribution in [0.5, 0.6) is 0 Å². The molecule has 1 aromatic heterocycles. The number of nitrogens with two attached hydrogens (primary N) is 1. The van der Waals surface area contributed by atoms with E-state index in [0.717, 1.165) is 18.0 Å². The van der Waals surface area contributed by atoms with Gasteiger partial charge in [-0.2, -0.15) is 13.2 Å². The van der Waals surface area contributed by atoms with Gasteiger partial charge in [-0.1, -0.05) is 6.07 Å². The minimum absolute atomic E-state index is 0.147. The van der Waals surface area contributed by atoms with E-state index in [4.69, 9.17) is 5.14 Å². The summed E-state index contributed by atoms with van der Waals surface area (Å²) in [7, 11) is -4.21. The molecule has 0 bridgehead atoms. The van der Waals surface area contributed by atoms with Crippen molar-refractivity contribution in [2.75, 3.05) is 23.3 Å². The third-order valence-corrected chi connectivity index (χ3v) is 5.36. The highest BCUT2D eigenvalue weighted by Crippen LogP contribution is 2.37. The number of hydrogen-bond donors (Lipinski definition) is 2. The second kappa shape index (κ2) is 7.35. The number of nitrogens with one attached hydrogen (secondary N) is 1. The molecule has 0 spiro atoms. The third-order valence-electron chi connectivity index (χ3n) is 4.45. The van der Waals surface area contributed by atoms with Crippen molar-refractivity contribution in [3.05, 3.63) is 48.2 Å². The van der Waals surface area contributed by atoms with Gasteiger partial charge < -0.3 is 10.2 Å². The molecule has 6 nitrogen and oxygen atoms in total. The number of alkyl halides is 3. The van der Waals surface area contributed by atoms with Gasteiger partial charge in [0.2, 0.25) is 10.0 Å². The number of nitrogens with zero attached hydrogens (tertiary/aromatic N) is 2. The number of benzene rings is 1. The van der Waals surface area contributed by atoms with Crippen LogP contribution in [0.4, 0.5) is 24.7 Å². The van der Waals surface area contributed by atoms with Crippen LogP contribution >= 0.6 is 0 Å². The van der Waals surface area contributed by atoms with Crippen LogP contribution < -0.4 is 15.4 Å². The molecule has 10 heteroatoms. The van der Waals surface area contributed by atoms with Crippen molar-refractivity contribution >= 4 is 21.5 Å². The van der Waals surface area contributed by atoms with Gasteiger partial charge in [0, 0.05) is 31.0 Å². The Hall–Kier alpha value is -2.33. The summed E-state index contributed by atoms with van der Waals surface area (Å²) in [5, 5.41) is 7.85. The first-order valence-corrected chi connectivity index (χ1v) is 9.86. The molecule has 0 radical (unpaired) electrons. The summed E-state index contributed by atoms with van der Waals surface area (Å²) in [4.78, 5) is 5.79. The van der Waals surface area contributed by atoms with Gasteiger partial charge in [-0.15, -0.1) is 0 Å². The summed E-state index contributed by atoms with van der Waals surface area (Å²) in [6, 6.07) is 8.20. The van der Waals surface area contributed by atoms with Crippen LogP contribution in [0.3, 0.4) is 0 Å². The molecule has 0 amide bonds. The lowest BCUT2D eigenvalue weighted by atomic mass is 10.0. The number of hydrogen-bond acceptors (Lipinski definition) is 5. The topological polar surface area (TPSA) is 88.3 Å². The SMILES string of the molecule is NS(=O)(=O)c1ccc(NC2CCN(c3ccccn3)CC2)c(C(F)(F)F)c1. The smallest absolute Gasteiger partial charge is 0.382 e. The number of piperidine rings is 1. The van der Waals surface area contributed by atoms with E-state index >= 15 is 0 Å². The van der Waals surface area contributed by atoms with Crippen LogP contribution in [-0.2, 0) is 16.2 Å². The van der Waals surface area contributed by atoms with E-state index in [0.29, 0.717) is 32.0 Å². The molecule has 1 saturated heterocycles. The van der Waals surface area contributed by atoms with Gasteiger partial charge in [0.25, 0.3) is 0 Å². The van der Waals surface area contributed by atoms with E-state index in [1.165, 1.54) is 0 Å². The maximum atomic E-state index is 13.4. The monoisotopic (exact) mass is 400 g/mol. The number of aromatic nitrogens is 1. The molecule has 2 heterocycles. The highest BCUT2D eigenvalue weighted by atomic mass is 32.2. The first kappa shape index (κ1) is 19.4. The Morgan fingerprint density at radius 1 is 1.15 bits per heavy atom. The largest absolute Gasteiger partial charge is 0.418 e.